The van der Waals surface area contributed by atoms with Crippen molar-refractivity contribution in [3.63, 3.8) is 0 Å². The topological polar surface area (TPSA) is 118 Å². The minimum atomic E-state index is -0.380. The zero-order valence-corrected chi connectivity index (χ0v) is 19.0. The molecule has 0 bridgehead atoms. The molecule has 0 aliphatic heterocycles. The number of aliphatic hydroxyl groups excluding tert-OH is 1. The van der Waals surface area contributed by atoms with Crippen molar-refractivity contribution in [3.8, 4) is 22.5 Å². The molecule has 3 heterocycles. The first-order valence-corrected chi connectivity index (χ1v) is 11.2. The largest absolute Gasteiger partial charge is 0.396 e. The van der Waals surface area contributed by atoms with E-state index in [0.29, 0.717) is 35.6 Å². The van der Waals surface area contributed by atoms with Crippen LogP contribution in [0.5, 0.6) is 0 Å². The smallest absolute Gasteiger partial charge is 0.271 e. The maximum Gasteiger partial charge on any atom is 0.271 e. The molecule has 9 heteroatoms. The lowest BCUT2D eigenvalue weighted by molar-refractivity contribution is 0.0947. The average molecular weight is 471 g/mol. The Morgan fingerprint density at radius 2 is 1.89 bits per heavy atom. The van der Waals surface area contributed by atoms with Gasteiger partial charge < -0.3 is 16.2 Å². The molecule has 3 aromatic heterocycles. The summed E-state index contributed by atoms with van der Waals surface area (Å²) < 4.78 is 15.4. The van der Waals surface area contributed by atoms with Gasteiger partial charge in [-0.15, -0.1) is 0 Å². The number of nitrogens with one attached hydrogen (secondary N) is 1. The number of anilines is 1. The van der Waals surface area contributed by atoms with Crippen LogP contribution in [-0.2, 0) is 0 Å². The highest BCUT2D eigenvalue weighted by Crippen LogP contribution is 2.35. The highest BCUT2D eigenvalue weighted by atomic mass is 19.1. The zero-order chi connectivity index (χ0) is 24.5. The molecule has 5 aromatic rings. The lowest BCUT2D eigenvalue weighted by Gasteiger charge is -2.14. The highest BCUT2D eigenvalue weighted by Gasteiger charge is 2.21. The molecule has 2 aromatic carbocycles. The van der Waals surface area contributed by atoms with Gasteiger partial charge in [-0.25, -0.2) is 14.4 Å². The molecule has 5 rings (SSSR count). The summed E-state index contributed by atoms with van der Waals surface area (Å²) in [5, 5.41) is 12.7. The molecule has 8 nitrogen and oxygen atoms in total. The van der Waals surface area contributed by atoms with E-state index in [4.69, 9.17) is 10.8 Å². The van der Waals surface area contributed by atoms with Crippen LogP contribution < -0.4 is 11.1 Å². The first-order valence-electron chi connectivity index (χ1n) is 11.2. The Labute approximate surface area is 200 Å². The van der Waals surface area contributed by atoms with Gasteiger partial charge in [0.1, 0.15) is 11.5 Å². The van der Waals surface area contributed by atoms with E-state index in [1.54, 1.807) is 28.9 Å². The van der Waals surface area contributed by atoms with Crippen LogP contribution >= 0.6 is 0 Å². The minimum absolute atomic E-state index is 0.0241. The van der Waals surface area contributed by atoms with Gasteiger partial charge in [-0.3, -0.25) is 14.2 Å². The molecule has 0 saturated carbocycles. The Morgan fingerprint density at radius 1 is 1.11 bits per heavy atom. The van der Waals surface area contributed by atoms with Gasteiger partial charge in [0, 0.05) is 42.1 Å². The third kappa shape index (κ3) is 4.17. The number of benzene rings is 2. The summed E-state index contributed by atoms with van der Waals surface area (Å²) in [4.78, 5) is 26.2. The number of hydrogen-bond donors (Lipinski definition) is 3. The Hall–Kier alpha value is -4.37. The number of aliphatic hydroxyl groups is 1. The maximum atomic E-state index is 13.7. The number of hydrogen-bond acceptors (Lipinski definition) is 6. The first kappa shape index (κ1) is 22.4. The van der Waals surface area contributed by atoms with Crippen molar-refractivity contribution in [2.24, 2.45) is 0 Å². The number of carbonyl (C=O) groups is 1. The van der Waals surface area contributed by atoms with Crippen molar-refractivity contribution in [1.29, 1.82) is 0 Å². The zero-order valence-electron chi connectivity index (χ0n) is 19.0. The van der Waals surface area contributed by atoms with Gasteiger partial charge in [0.05, 0.1) is 16.9 Å². The SMILES string of the molecule is Cc1ccnc2ccc(-c3c(-c4ccc(F)cc4)nc(N)c4nc(C(=O)NCCCO)cn34)cc12. The second kappa shape index (κ2) is 9.11. The van der Waals surface area contributed by atoms with Gasteiger partial charge in [0.15, 0.2) is 11.5 Å². The van der Waals surface area contributed by atoms with Gasteiger partial charge in [-0.2, -0.15) is 0 Å². The summed E-state index contributed by atoms with van der Waals surface area (Å²) in [6, 6.07) is 13.8. The number of fused-ring (bicyclic) bond motifs is 2. The van der Waals surface area contributed by atoms with Crippen molar-refractivity contribution in [1.82, 2.24) is 24.7 Å². The number of halogens is 1. The van der Waals surface area contributed by atoms with Crippen LogP contribution in [0, 0.1) is 12.7 Å². The van der Waals surface area contributed by atoms with Crippen LogP contribution in [0.3, 0.4) is 0 Å². The Balaban J connectivity index is 1.76. The van der Waals surface area contributed by atoms with Crippen LogP contribution in [-0.4, -0.2) is 43.5 Å². The summed E-state index contributed by atoms with van der Waals surface area (Å²) in [7, 11) is 0. The Kier molecular flexibility index (Phi) is 5.84. The lowest BCUT2D eigenvalue weighted by Crippen LogP contribution is -2.25. The Bertz CT molecular complexity index is 1560. The number of aromatic nitrogens is 4. The third-order valence-electron chi connectivity index (χ3n) is 5.84. The second-order valence-electron chi connectivity index (χ2n) is 8.21. The quantitative estimate of drug-likeness (QED) is 0.325. The van der Waals surface area contributed by atoms with Crippen molar-refractivity contribution >= 4 is 28.3 Å². The summed E-state index contributed by atoms with van der Waals surface area (Å²) in [6.07, 6.45) is 3.82. The fourth-order valence-electron chi connectivity index (χ4n) is 4.07. The molecule has 176 valence electrons. The number of nitrogens with two attached hydrogens (primary N) is 1. The van der Waals surface area contributed by atoms with E-state index in [9.17, 15) is 9.18 Å². The molecule has 35 heavy (non-hydrogen) atoms. The number of amides is 1. The van der Waals surface area contributed by atoms with E-state index < -0.39 is 0 Å². The van der Waals surface area contributed by atoms with Gasteiger partial charge >= 0.3 is 0 Å². The van der Waals surface area contributed by atoms with Crippen LogP contribution in [0.4, 0.5) is 10.2 Å². The van der Waals surface area contributed by atoms with Gasteiger partial charge in [-0.05, 0) is 61.4 Å². The van der Waals surface area contributed by atoms with Crippen molar-refractivity contribution in [2.75, 3.05) is 18.9 Å². The van der Waals surface area contributed by atoms with E-state index >= 15 is 0 Å². The molecule has 0 aliphatic carbocycles. The monoisotopic (exact) mass is 470 g/mol. The third-order valence-corrected chi connectivity index (χ3v) is 5.84. The summed E-state index contributed by atoms with van der Waals surface area (Å²) >= 11 is 0. The summed E-state index contributed by atoms with van der Waals surface area (Å²) in [5.41, 5.74) is 11.4. The molecule has 0 radical (unpaired) electrons. The first-order chi connectivity index (χ1) is 17.0. The fourth-order valence-corrected chi connectivity index (χ4v) is 4.07. The van der Waals surface area contributed by atoms with Crippen molar-refractivity contribution < 1.29 is 14.3 Å². The predicted octanol–water partition coefficient (Wildman–Crippen LogP) is 3.75. The van der Waals surface area contributed by atoms with Gasteiger partial charge in [-0.1, -0.05) is 6.07 Å². The molecule has 0 spiro atoms. The molecular weight excluding hydrogens is 447 g/mol. The van der Waals surface area contributed by atoms with E-state index in [1.807, 2.05) is 31.2 Å². The molecule has 0 atom stereocenters. The van der Waals surface area contributed by atoms with Crippen LogP contribution in [0.1, 0.15) is 22.5 Å². The van der Waals surface area contributed by atoms with Crippen molar-refractivity contribution in [2.45, 2.75) is 13.3 Å². The molecule has 1 amide bonds. The summed E-state index contributed by atoms with van der Waals surface area (Å²) in [6.45, 7) is 2.31. The predicted molar refractivity (Wildman–Crippen MR) is 132 cm³/mol. The number of carbonyl (C=O) groups excluding carboxylic acids is 1. The number of pyridine rings is 1. The second-order valence-corrected chi connectivity index (χ2v) is 8.21. The van der Waals surface area contributed by atoms with Crippen LogP contribution in [0.2, 0.25) is 0 Å². The average Bonchev–Trinajstić information content (AvgIpc) is 3.31. The number of nitrogens with zero attached hydrogens (tertiary/aromatic N) is 4. The summed E-state index contributed by atoms with van der Waals surface area (Å²) in [5.74, 6) is -0.600. The van der Waals surface area contributed by atoms with Gasteiger partial charge in [0.2, 0.25) is 0 Å². The number of nitrogen functional groups attached to an aromatic ring is 1. The number of aryl methyl sites for hydroxylation is 1. The Morgan fingerprint density at radius 3 is 2.66 bits per heavy atom. The molecule has 4 N–H and O–H groups in total. The number of imidazole rings is 1. The van der Waals surface area contributed by atoms with E-state index in [1.165, 1.54) is 12.1 Å². The molecule has 0 saturated heterocycles. The molecular formula is C26H23FN6O2. The van der Waals surface area contributed by atoms with E-state index in [0.717, 1.165) is 22.0 Å². The highest BCUT2D eigenvalue weighted by molar-refractivity contribution is 5.95. The standard InChI is InChI=1S/C26H23FN6O2/c1-15-9-11-29-20-8-5-17(13-19(15)20)23-22(16-3-6-18(27)7-4-16)32-24(28)25-31-21(14-33(23)25)26(35)30-10-2-12-34/h3-9,11,13-14,34H,2,10,12H2,1H3,(H2,28,32)(H,30,35). The number of rotatable bonds is 6. The molecule has 0 fully saturated rings. The van der Waals surface area contributed by atoms with Crippen molar-refractivity contribution in [3.05, 3.63) is 78.0 Å². The van der Waals surface area contributed by atoms with Crippen LogP contribution in [0.15, 0.2) is 60.9 Å². The molecule has 0 aliphatic rings. The van der Waals surface area contributed by atoms with Crippen LogP contribution in [0.25, 0.3) is 39.1 Å². The van der Waals surface area contributed by atoms with E-state index in [-0.39, 0.29) is 29.8 Å². The minimum Gasteiger partial charge on any atom is -0.396 e. The van der Waals surface area contributed by atoms with E-state index in [2.05, 4.69) is 20.3 Å². The molecule has 0 unspecified atom stereocenters. The fraction of sp³-hybridized carbons (Fsp3) is 0.154. The lowest BCUT2D eigenvalue weighted by atomic mass is 10.0. The maximum absolute atomic E-state index is 13.7. The normalized spacial score (nSPS) is 11.3. The van der Waals surface area contributed by atoms with Gasteiger partial charge in [0.25, 0.3) is 5.91 Å².